The molecule has 1 atom stereocenters. The molecule has 4 heterocycles. The number of aryl methyl sites for hydroxylation is 1. The van der Waals surface area contributed by atoms with Gasteiger partial charge in [-0.15, -0.1) is 11.3 Å². The number of ether oxygens (including phenoxy) is 1. The van der Waals surface area contributed by atoms with Crippen molar-refractivity contribution in [1.29, 1.82) is 0 Å². The summed E-state index contributed by atoms with van der Waals surface area (Å²) < 4.78 is 37.2. The van der Waals surface area contributed by atoms with Crippen molar-refractivity contribution in [3.05, 3.63) is 117 Å². The summed E-state index contributed by atoms with van der Waals surface area (Å²) in [5.74, 6) is -2.65. The van der Waals surface area contributed by atoms with Crippen LogP contribution in [0.5, 0.6) is 5.88 Å². The summed E-state index contributed by atoms with van der Waals surface area (Å²) in [4.78, 5) is 14.1. The second-order valence-electron chi connectivity index (χ2n) is 10.2. The molecule has 0 bridgehead atoms. The molecule has 0 spiro atoms. The summed E-state index contributed by atoms with van der Waals surface area (Å²) in [6.07, 6.45) is 4.53. The lowest BCUT2D eigenvalue weighted by atomic mass is 9.83. The van der Waals surface area contributed by atoms with Crippen LogP contribution >= 0.6 is 22.9 Å². The molecule has 4 aromatic heterocycles. The van der Waals surface area contributed by atoms with E-state index in [0.717, 1.165) is 15.8 Å². The van der Waals surface area contributed by atoms with Gasteiger partial charge >= 0.3 is 0 Å². The largest absolute Gasteiger partial charge is 0.481 e. The Balaban J connectivity index is 1.50. The second kappa shape index (κ2) is 10.7. The molecule has 214 valence electrons. The first-order chi connectivity index (χ1) is 20.2. The first-order valence-electron chi connectivity index (χ1n) is 13.3. The van der Waals surface area contributed by atoms with Gasteiger partial charge in [-0.25, -0.2) is 9.97 Å². The Kier molecular flexibility index (Phi) is 7.21. The number of methoxy groups -OCH3 is 1. The first kappa shape index (κ1) is 28.2. The molecule has 0 radical (unpaired) electrons. The molecule has 2 aromatic carbocycles. The Morgan fingerprint density at radius 3 is 2.50 bits per heavy atom. The molecular formula is C32H27ClF2N4O2S. The van der Waals surface area contributed by atoms with Crippen molar-refractivity contribution in [1.82, 2.24) is 19.5 Å². The molecule has 0 amide bonds. The summed E-state index contributed by atoms with van der Waals surface area (Å²) in [5, 5.41) is 14.6. The Morgan fingerprint density at radius 1 is 1.05 bits per heavy atom. The fraction of sp³-hybridized carbons (Fsp3) is 0.219. The average Bonchev–Trinajstić information content (AvgIpc) is 3.63. The van der Waals surface area contributed by atoms with Gasteiger partial charge in [0.2, 0.25) is 5.88 Å². The van der Waals surface area contributed by atoms with Crippen LogP contribution in [-0.4, -0.2) is 31.7 Å². The standard InChI is InChI=1S/C32H27ClF2N4O2S/c1-4-31(34,35)27-12-10-21(16-37-27)32(40,28-17-36-18-39(28)2)20-9-11-25-23(14-20)29(33)24(30(38-25)41-3)15-22-13-19-7-5-6-8-26(19)42-22/h5-14,16-18,40H,4,15H2,1-3H3. The van der Waals surface area contributed by atoms with Crippen molar-refractivity contribution < 1.29 is 18.6 Å². The molecule has 0 saturated heterocycles. The van der Waals surface area contributed by atoms with E-state index in [4.69, 9.17) is 21.3 Å². The van der Waals surface area contributed by atoms with Gasteiger partial charge in [0.25, 0.3) is 5.92 Å². The lowest BCUT2D eigenvalue weighted by molar-refractivity contribution is -0.0129. The normalized spacial score (nSPS) is 13.5. The number of aliphatic hydroxyl groups is 1. The van der Waals surface area contributed by atoms with E-state index in [2.05, 4.69) is 28.2 Å². The number of hydrogen-bond acceptors (Lipinski definition) is 6. The minimum atomic E-state index is -3.07. The predicted molar refractivity (Wildman–Crippen MR) is 162 cm³/mol. The molecule has 0 aliphatic carbocycles. The minimum absolute atomic E-state index is 0.309. The molecule has 10 heteroatoms. The molecule has 42 heavy (non-hydrogen) atoms. The van der Waals surface area contributed by atoms with Crippen LogP contribution in [0.1, 0.15) is 46.3 Å². The van der Waals surface area contributed by atoms with Gasteiger partial charge in [0.15, 0.2) is 5.60 Å². The quantitative estimate of drug-likeness (QED) is 0.193. The molecule has 0 saturated carbocycles. The number of benzene rings is 2. The smallest absolute Gasteiger partial charge is 0.289 e. The molecule has 1 unspecified atom stereocenters. The second-order valence-corrected chi connectivity index (χ2v) is 11.7. The summed E-state index contributed by atoms with van der Waals surface area (Å²) in [6.45, 7) is 1.40. The van der Waals surface area contributed by atoms with Gasteiger partial charge in [0.1, 0.15) is 5.69 Å². The van der Waals surface area contributed by atoms with E-state index >= 15 is 0 Å². The SMILES string of the molecule is CCC(F)(F)c1ccc(C(O)(c2ccc3nc(OC)c(Cc4cc5ccccc5s4)c(Cl)c3c2)c2cncn2C)cn1. The van der Waals surface area contributed by atoms with Gasteiger partial charge in [0, 0.05) is 52.2 Å². The lowest BCUT2D eigenvalue weighted by Crippen LogP contribution is -2.31. The van der Waals surface area contributed by atoms with Crippen LogP contribution in [0.15, 0.2) is 79.4 Å². The third-order valence-electron chi connectivity index (χ3n) is 7.60. The number of pyridine rings is 2. The van der Waals surface area contributed by atoms with Gasteiger partial charge in [-0.2, -0.15) is 8.78 Å². The maximum absolute atomic E-state index is 14.3. The molecule has 0 fully saturated rings. The summed E-state index contributed by atoms with van der Waals surface area (Å²) >= 11 is 8.76. The number of fused-ring (bicyclic) bond motifs is 2. The van der Waals surface area contributed by atoms with E-state index in [9.17, 15) is 13.9 Å². The number of rotatable bonds is 8. The number of hydrogen-bond donors (Lipinski definition) is 1. The van der Waals surface area contributed by atoms with E-state index in [1.165, 1.54) is 30.0 Å². The summed E-state index contributed by atoms with van der Waals surface area (Å²) in [5.41, 5.74) is 0.380. The molecule has 6 nitrogen and oxygen atoms in total. The van der Waals surface area contributed by atoms with Gasteiger partial charge in [-0.3, -0.25) is 4.98 Å². The van der Waals surface area contributed by atoms with E-state index in [-0.39, 0.29) is 12.1 Å². The highest BCUT2D eigenvalue weighted by atomic mass is 35.5. The van der Waals surface area contributed by atoms with Crippen molar-refractivity contribution in [3.8, 4) is 5.88 Å². The fourth-order valence-electron chi connectivity index (χ4n) is 5.26. The van der Waals surface area contributed by atoms with Gasteiger partial charge < -0.3 is 14.4 Å². The molecule has 1 N–H and O–H groups in total. The highest BCUT2D eigenvalue weighted by Gasteiger charge is 2.39. The highest BCUT2D eigenvalue weighted by molar-refractivity contribution is 7.19. The molecule has 6 rings (SSSR count). The van der Waals surface area contributed by atoms with Gasteiger partial charge in [-0.1, -0.05) is 48.9 Å². The number of alkyl halides is 2. The van der Waals surface area contributed by atoms with Gasteiger partial charge in [0.05, 0.1) is 35.9 Å². The monoisotopic (exact) mass is 604 g/mol. The minimum Gasteiger partial charge on any atom is -0.481 e. The lowest BCUT2D eigenvalue weighted by Gasteiger charge is -2.30. The highest BCUT2D eigenvalue weighted by Crippen LogP contribution is 2.42. The van der Waals surface area contributed by atoms with E-state index in [1.54, 1.807) is 60.8 Å². The number of imidazole rings is 1. The zero-order valence-electron chi connectivity index (χ0n) is 23.1. The zero-order chi connectivity index (χ0) is 29.6. The van der Waals surface area contributed by atoms with Crippen LogP contribution in [0.2, 0.25) is 5.02 Å². The molecule has 6 aromatic rings. The average molecular weight is 605 g/mol. The van der Waals surface area contributed by atoms with Gasteiger partial charge in [-0.05, 0) is 41.3 Å². The third-order valence-corrected chi connectivity index (χ3v) is 9.15. The van der Waals surface area contributed by atoms with E-state index in [1.807, 2.05) is 12.1 Å². The van der Waals surface area contributed by atoms with Crippen molar-refractivity contribution in [2.75, 3.05) is 7.11 Å². The summed E-state index contributed by atoms with van der Waals surface area (Å²) in [7, 11) is 3.32. The van der Waals surface area contributed by atoms with Crippen molar-refractivity contribution in [2.24, 2.45) is 7.05 Å². The summed E-state index contributed by atoms with van der Waals surface area (Å²) in [6, 6.07) is 18.3. The number of thiophene rings is 1. The van der Waals surface area contributed by atoms with E-state index in [0.29, 0.717) is 45.0 Å². The predicted octanol–water partition coefficient (Wildman–Crippen LogP) is 7.62. The number of nitrogens with zero attached hydrogens (tertiary/aromatic N) is 4. The van der Waals surface area contributed by atoms with Crippen LogP contribution in [0, 0.1) is 0 Å². The van der Waals surface area contributed by atoms with Crippen molar-refractivity contribution in [2.45, 2.75) is 31.3 Å². The van der Waals surface area contributed by atoms with Crippen molar-refractivity contribution in [3.63, 3.8) is 0 Å². The maximum Gasteiger partial charge on any atom is 0.289 e. The molecule has 0 aliphatic rings. The fourth-order valence-corrected chi connectivity index (χ4v) is 6.64. The van der Waals surface area contributed by atoms with Crippen LogP contribution in [-0.2, 0) is 25.0 Å². The maximum atomic E-state index is 14.3. The van der Waals surface area contributed by atoms with Crippen LogP contribution in [0.3, 0.4) is 0 Å². The topological polar surface area (TPSA) is 73.1 Å². The molecule has 0 aliphatic heterocycles. The third kappa shape index (κ3) is 4.71. The number of halogens is 3. The number of aromatic nitrogens is 4. The van der Waals surface area contributed by atoms with Crippen LogP contribution in [0.25, 0.3) is 21.0 Å². The molecular weight excluding hydrogens is 578 g/mol. The van der Waals surface area contributed by atoms with Crippen molar-refractivity contribution >= 4 is 43.9 Å². The van der Waals surface area contributed by atoms with Crippen LogP contribution in [0.4, 0.5) is 8.78 Å². The Morgan fingerprint density at radius 2 is 1.83 bits per heavy atom. The Hall–Kier alpha value is -3.92. The Bertz CT molecular complexity index is 1890. The van der Waals surface area contributed by atoms with E-state index < -0.39 is 11.5 Å². The first-order valence-corrected chi connectivity index (χ1v) is 14.5. The van der Waals surface area contributed by atoms with Crippen LogP contribution < -0.4 is 4.74 Å². The zero-order valence-corrected chi connectivity index (χ0v) is 24.7. The Labute approximate surface area is 250 Å².